The predicted molar refractivity (Wildman–Crippen MR) is 90.6 cm³/mol. The lowest BCUT2D eigenvalue weighted by molar-refractivity contribution is -0.123. The number of benzene rings is 1. The second-order valence-corrected chi connectivity index (χ2v) is 6.18. The first-order valence-electron chi connectivity index (χ1n) is 6.74. The van der Waals surface area contributed by atoms with E-state index in [2.05, 4.69) is 12.2 Å². The van der Waals surface area contributed by atoms with Gasteiger partial charge in [-0.3, -0.25) is 4.79 Å². The van der Waals surface area contributed by atoms with Gasteiger partial charge in [-0.2, -0.15) is 11.8 Å². The lowest BCUT2D eigenvalue weighted by atomic mass is 10.0. The molecule has 5 heteroatoms. The lowest BCUT2D eigenvalue weighted by Gasteiger charge is -2.17. The van der Waals surface area contributed by atoms with Crippen LogP contribution in [-0.2, 0) is 4.79 Å². The van der Waals surface area contributed by atoms with E-state index in [9.17, 15) is 4.79 Å². The topological polar surface area (TPSA) is 55.1 Å². The van der Waals surface area contributed by atoms with E-state index in [1.807, 2.05) is 49.9 Å². The summed E-state index contributed by atoms with van der Waals surface area (Å²) in [4.78, 5) is 12.0. The van der Waals surface area contributed by atoms with Gasteiger partial charge in [0.25, 0.3) is 0 Å². The monoisotopic (exact) mass is 316 g/mol. The maximum absolute atomic E-state index is 12.0. The fraction of sp³-hybridized carbons (Fsp3) is 0.533. The average molecular weight is 317 g/mol. The summed E-state index contributed by atoms with van der Waals surface area (Å²) in [6.45, 7) is 6.18. The Morgan fingerprint density at radius 2 is 1.95 bits per heavy atom. The van der Waals surface area contributed by atoms with Crippen molar-refractivity contribution in [3.63, 3.8) is 0 Å². The molecule has 2 atom stereocenters. The minimum absolute atomic E-state index is 0. The van der Waals surface area contributed by atoms with Crippen molar-refractivity contribution in [2.24, 2.45) is 5.73 Å². The van der Waals surface area contributed by atoms with Gasteiger partial charge in [-0.25, -0.2) is 0 Å². The summed E-state index contributed by atoms with van der Waals surface area (Å²) in [5.74, 6) is 2.08. The van der Waals surface area contributed by atoms with Gasteiger partial charge in [-0.1, -0.05) is 36.8 Å². The predicted octanol–water partition coefficient (Wildman–Crippen LogP) is 3.06. The Bertz CT molecular complexity index is 397. The van der Waals surface area contributed by atoms with E-state index in [0.717, 1.165) is 23.5 Å². The summed E-state index contributed by atoms with van der Waals surface area (Å²) in [5, 5.41) is 2.97. The Morgan fingerprint density at radius 3 is 2.50 bits per heavy atom. The lowest BCUT2D eigenvalue weighted by Crippen LogP contribution is -2.39. The number of nitrogens with one attached hydrogen (secondary N) is 1. The Balaban J connectivity index is 0.00000361. The third kappa shape index (κ3) is 6.64. The second-order valence-electron chi connectivity index (χ2n) is 4.78. The third-order valence-electron chi connectivity index (χ3n) is 3.01. The molecule has 1 aromatic rings. The number of rotatable bonds is 7. The molecule has 0 aliphatic carbocycles. The summed E-state index contributed by atoms with van der Waals surface area (Å²) < 4.78 is 0. The van der Waals surface area contributed by atoms with Crippen LogP contribution in [0.3, 0.4) is 0 Å². The van der Waals surface area contributed by atoms with Gasteiger partial charge in [0.05, 0.1) is 0 Å². The third-order valence-corrected chi connectivity index (χ3v) is 3.94. The number of amides is 1. The molecule has 1 amide bonds. The number of halogens is 1. The van der Waals surface area contributed by atoms with Crippen LogP contribution >= 0.6 is 24.2 Å². The highest BCUT2D eigenvalue weighted by atomic mass is 35.5. The molecule has 3 N–H and O–H groups in total. The maximum Gasteiger partial charge on any atom is 0.241 e. The summed E-state index contributed by atoms with van der Waals surface area (Å²) in [5.41, 5.74) is 8.00. The van der Waals surface area contributed by atoms with Crippen LogP contribution in [0.5, 0.6) is 0 Å². The second kappa shape index (κ2) is 10.1. The highest BCUT2D eigenvalue weighted by molar-refractivity contribution is 7.99. The van der Waals surface area contributed by atoms with Crippen LogP contribution in [0.25, 0.3) is 0 Å². The van der Waals surface area contributed by atoms with Gasteiger partial charge in [0.1, 0.15) is 6.04 Å². The van der Waals surface area contributed by atoms with E-state index in [0.29, 0.717) is 0 Å². The molecule has 0 radical (unpaired) electrons. The fourth-order valence-electron chi connectivity index (χ4n) is 1.73. The van der Waals surface area contributed by atoms with Gasteiger partial charge in [-0.15, -0.1) is 12.4 Å². The number of hydrogen-bond acceptors (Lipinski definition) is 3. The van der Waals surface area contributed by atoms with Crippen molar-refractivity contribution in [2.45, 2.75) is 39.3 Å². The fourth-order valence-corrected chi connectivity index (χ4v) is 2.54. The Kier molecular flexibility index (Phi) is 9.72. The highest BCUT2D eigenvalue weighted by Crippen LogP contribution is 2.12. The van der Waals surface area contributed by atoms with Crippen LogP contribution in [0.15, 0.2) is 24.3 Å². The molecule has 0 heterocycles. The average Bonchev–Trinajstić information content (AvgIpc) is 2.39. The molecule has 0 aliphatic heterocycles. The Labute approximate surface area is 132 Å². The zero-order valence-corrected chi connectivity index (χ0v) is 14.0. The summed E-state index contributed by atoms with van der Waals surface area (Å²) >= 11 is 1.89. The molecule has 0 fully saturated rings. The van der Waals surface area contributed by atoms with Crippen molar-refractivity contribution in [3.05, 3.63) is 35.4 Å². The van der Waals surface area contributed by atoms with Gasteiger partial charge in [0.2, 0.25) is 5.91 Å². The zero-order valence-electron chi connectivity index (χ0n) is 12.4. The highest BCUT2D eigenvalue weighted by Gasteiger charge is 2.17. The number of hydrogen-bond donors (Lipinski definition) is 2. The molecule has 0 aromatic heterocycles. The molecule has 3 nitrogen and oxygen atoms in total. The Hall–Kier alpha value is -0.710. The van der Waals surface area contributed by atoms with Crippen LogP contribution in [0.1, 0.15) is 37.4 Å². The maximum atomic E-state index is 12.0. The first-order valence-corrected chi connectivity index (χ1v) is 7.90. The van der Waals surface area contributed by atoms with E-state index < -0.39 is 6.04 Å². The minimum Gasteiger partial charge on any atom is -0.352 e. The van der Waals surface area contributed by atoms with Crippen LogP contribution in [0, 0.1) is 6.92 Å². The first kappa shape index (κ1) is 19.3. The molecule has 2 unspecified atom stereocenters. The molecule has 1 rings (SSSR count). The van der Waals surface area contributed by atoms with E-state index in [-0.39, 0.29) is 24.4 Å². The molecule has 0 aliphatic rings. The number of thioether (sulfide) groups is 1. The van der Waals surface area contributed by atoms with Crippen LogP contribution in [0.4, 0.5) is 0 Å². The number of aryl methyl sites for hydroxylation is 1. The van der Waals surface area contributed by atoms with Crippen molar-refractivity contribution in [1.82, 2.24) is 5.32 Å². The van der Waals surface area contributed by atoms with E-state index in [1.165, 1.54) is 5.56 Å². The van der Waals surface area contributed by atoms with Gasteiger partial charge in [0, 0.05) is 6.04 Å². The number of carbonyl (C=O) groups is 1. The molecule has 1 aromatic carbocycles. The van der Waals surface area contributed by atoms with Crippen LogP contribution in [0.2, 0.25) is 0 Å². The molecular formula is C15H25ClN2OS. The van der Waals surface area contributed by atoms with Crippen molar-refractivity contribution in [2.75, 3.05) is 11.5 Å². The molecule has 0 saturated carbocycles. The molecule has 0 saturated heterocycles. The largest absolute Gasteiger partial charge is 0.352 e. The smallest absolute Gasteiger partial charge is 0.241 e. The zero-order chi connectivity index (χ0) is 14.3. The summed E-state index contributed by atoms with van der Waals surface area (Å²) in [6.07, 6.45) is 0.977. The van der Waals surface area contributed by atoms with Crippen molar-refractivity contribution in [1.29, 1.82) is 0 Å². The Morgan fingerprint density at radius 1 is 1.35 bits per heavy atom. The summed E-state index contributed by atoms with van der Waals surface area (Å²) in [7, 11) is 0. The van der Waals surface area contributed by atoms with E-state index >= 15 is 0 Å². The first-order chi connectivity index (χ1) is 9.04. The van der Waals surface area contributed by atoms with Crippen molar-refractivity contribution < 1.29 is 4.79 Å². The van der Waals surface area contributed by atoms with E-state index in [4.69, 9.17) is 5.73 Å². The minimum atomic E-state index is -0.582. The number of carbonyl (C=O) groups excluding carboxylic acids is 1. The van der Waals surface area contributed by atoms with Gasteiger partial charge < -0.3 is 11.1 Å². The van der Waals surface area contributed by atoms with Gasteiger partial charge in [0.15, 0.2) is 0 Å². The van der Waals surface area contributed by atoms with Gasteiger partial charge in [-0.05, 0) is 37.3 Å². The normalized spacial score (nSPS) is 13.2. The molecule has 0 bridgehead atoms. The quantitative estimate of drug-likeness (QED) is 0.760. The van der Waals surface area contributed by atoms with Crippen LogP contribution < -0.4 is 11.1 Å². The van der Waals surface area contributed by atoms with Gasteiger partial charge >= 0.3 is 0 Å². The van der Waals surface area contributed by atoms with Crippen LogP contribution in [-0.4, -0.2) is 23.5 Å². The van der Waals surface area contributed by atoms with Crippen molar-refractivity contribution in [3.8, 4) is 0 Å². The SMILES string of the molecule is CCSCCC(C)NC(=O)C(N)c1ccc(C)cc1.Cl. The molecule has 0 spiro atoms. The molecule has 114 valence electrons. The number of nitrogens with two attached hydrogens (primary N) is 1. The molecule has 20 heavy (non-hydrogen) atoms. The standard InChI is InChI=1S/C15H24N2OS.ClH/c1-4-19-10-9-12(3)17-15(18)14(16)13-7-5-11(2)6-8-13;/h5-8,12,14H,4,9-10,16H2,1-3H3,(H,17,18);1H. The van der Waals surface area contributed by atoms with Crippen molar-refractivity contribution >= 4 is 30.1 Å². The molecular weight excluding hydrogens is 292 g/mol. The van der Waals surface area contributed by atoms with E-state index in [1.54, 1.807) is 0 Å². The summed E-state index contributed by atoms with van der Waals surface area (Å²) in [6, 6.07) is 7.37.